The Morgan fingerprint density at radius 2 is 2.39 bits per heavy atom. The molecule has 7 heteroatoms. The van der Waals surface area contributed by atoms with E-state index in [1.165, 1.54) is 0 Å². The summed E-state index contributed by atoms with van der Waals surface area (Å²) < 4.78 is 5.15. The van der Waals surface area contributed by atoms with Gasteiger partial charge in [-0.25, -0.2) is 4.79 Å². The number of carbonyl (C=O) groups is 1. The number of H-pyrrole nitrogens is 1. The molecule has 1 heterocycles. The van der Waals surface area contributed by atoms with Crippen molar-refractivity contribution in [3.63, 3.8) is 0 Å². The molecule has 0 bridgehead atoms. The number of carbonyl (C=O) groups excluding carboxylic acids is 1. The fourth-order valence-electron chi connectivity index (χ4n) is 1.39. The zero-order chi connectivity index (χ0) is 13.0. The normalized spacial score (nSPS) is 11.6. The minimum absolute atomic E-state index is 0.127. The maximum Gasteiger partial charge on any atom is 0.380 e. The summed E-state index contributed by atoms with van der Waals surface area (Å²) in [4.78, 5) is 11.6. The van der Waals surface area contributed by atoms with Crippen LogP contribution in [0.2, 0.25) is 0 Å². The van der Waals surface area contributed by atoms with E-state index in [4.69, 9.17) is 10.00 Å². The van der Waals surface area contributed by atoms with Crippen molar-refractivity contribution in [3.8, 4) is 6.07 Å². The number of esters is 1. The zero-order valence-corrected chi connectivity index (χ0v) is 9.49. The molecule has 1 N–H and O–H groups in total. The van der Waals surface area contributed by atoms with Crippen molar-refractivity contribution in [2.45, 2.75) is 13.0 Å². The molecule has 0 aliphatic rings. The molecular weight excluding hydrogens is 234 g/mol. The Kier molecular flexibility index (Phi) is 3.29. The van der Waals surface area contributed by atoms with Crippen molar-refractivity contribution in [2.24, 2.45) is 0 Å². The van der Waals surface area contributed by atoms with Gasteiger partial charge in [-0.15, -0.1) is 10.2 Å². The molecule has 0 aliphatic carbocycles. The van der Waals surface area contributed by atoms with E-state index in [1.807, 2.05) is 6.07 Å². The van der Waals surface area contributed by atoms with Crippen LogP contribution in [-0.4, -0.2) is 26.6 Å². The first-order chi connectivity index (χ1) is 8.70. The van der Waals surface area contributed by atoms with Crippen molar-refractivity contribution in [3.05, 3.63) is 41.2 Å². The van der Waals surface area contributed by atoms with Crippen molar-refractivity contribution in [2.75, 3.05) is 0 Å². The standard InChI is InChI=1S/C11H9N5O2/c1-7(9-4-2-3-8(5-9)6-12)18-11(17)10-13-15-16-14-10/h2-5,7H,1H3,(H,13,14,15,16). The number of benzene rings is 1. The Labute approximate surface area is 102 Å². The summed E-state index contributed by atoms with van der Waals surface area (Å²) in [7, 11) is 0. The Bertz CT molecular complexity index is 588. The molecule has 0 aliphatic heterocycles. The molecule has 0 spiro atoms. The van der Waals surface area contributed by atoms with Crippen LogP contribution in [0.25, 0.3) is 0 Å². The fourth-order valence-corrected chi connectivity index (χ4v) is 1.39. The third-order valence-electron chi connectivity index (χ3n) is 2.30. The van der Waals surface area contributed by atoms with E-state index in [2.05, 4.69) is 20.6 Å². The van der Waals surface area contributed by atoms with Crippen LogP contribution in [0.3, 0.4) is 0 Å². The molecule has 1 unspecified atom stereocenters. The minimum atomic E-state index is -0.668. The predicted octanol–water partition coefficient (Wildman–Crippen LogP) is 0.989. The summed E-state index contributed by atoms with van der Waals surface area (Å²) in [6, 6.07) is 8.86. The van der Waals surface area contributed by atoms with E-state index in [0.29, 0.717) is 5.56 Å². The van der Waals surface area contributed by atoms with Crippen LogP contribution in [0.4, 0.5) is 0 Å². The maximum atomic E-state index is 11.6. The molecule has 2 rings (SSSR count). The van der Waals surface area contributed by atoms with Crippen molar-refractivity contribution in [1.82, 2.24) is 20.6 Å². The van der Waals surface area contributed by atoms with Gasteiger partial charge < -0.3 is 4.74 Å². The average Bonchev–Trinajstić information content (AvgIpc) is 2.92. The van der Waals surface area contributed by atoms with E-state index in [1.54, 1.807) is 31.2 Å². The van der Waals surface area contributed by atoms with Gasteiger partial charge in [0.2, 0.25) is 0 Å². The molecule has 1 aromatic heterocycles. The molecule has 1 atom stereocenters. The zero-order valence-electron chi connectivity index (χ0n) is 9.49. The predicted molar refractivity (Wildman–Crippen MR) is 59.2 cm³/mol. The summed E-state index contributed by atoms with van der Waals surface area (Å²) in [6.45, 7) is 1.70. The highest BCUT2D eigenvalue weighted by Crippen LogP contribution is 2.18. The molecule has 18 heavy (non-hydrogen) atoms. The van der Waals surface area contributed by atoms with Gasteiger partial charge in [-0.3, -0.25) is 0 Å². The second kappa shape index (κ2) is 5.05. The first-order valence-electron chi connectivity index (χ1n) is 5.15. The number of tetrazole rings is 1. The smallest absolute Gasteiger partial charge is 0.380 e. The van der Waals surface area contributed by atoms with Crippen LogP contribution < -0.4 is 0 Å². The van der Waals surface area contributed by atoms with E-state index in [-0.39, 0.29) is 5.82 Å². The number of aromatic amines is 1. The number of rotatable bonds is 3. The Morgan fingerprint density at radius 1 is 1.56 bits per heavy atom. The lowest BCUT2D eigenvalue weighted by Gasteiger charge is -2.12. The highest BCUT2D eigenvalue weighted by Gasteiger charge is 2.17. The van der Waals surface area contributed by atoms with Gasteiger partial charge in [0.05, 0.1) is 11.6 Å². The highest BCUT2D eigenvalue weighted by atomic mass is 16.5. The van der Waals surface area contributed by atoms with Crippen LogP contribution in [-0.2, 0) is 4.74 Å². The molecule has 7 nitrogen and oxygen atoms in total. The summed E-state index contributed by atoms with van der Waals surface area (Å²) in [6.07, 6.45) is -0.496. The summed E-state index contributed by atoms with van der Waals surface area (Å²) in [5.74, 6) is -0.795. The lowest BCUT2D eigenvalue weighted by molar-refractivity contribution is 0.0323. The molecule has 90 valence electrons. The van der Waals surface area contributed by atoms with Crippen LogP contribution in [0, 0.1) is 11.3 Å². The van der Waals surface area contributed by atoms with Gasteiger partial charge in [0.1, 0.15) is 6.10 Å². The van der Waals surface area contributed by atoms with Crippen LogP contribution in [0.15, 0.2) is 24.3 Å². The SMILES string of the molecule is CC(OC(=O)c1nn[nH]n1)c1cccc(C#N)c1. The molecular formula is C11H9N5O2. The monoisotopic (exact) mass is 243 g/mol. The number of nitrogens with one attached hydrogen (secondary N) is 1. The van der Waals surface area contributed by atoms with E-state index in [9.17, 15) is 4.79 Å². The lowest BCUT2D eigenvalue weighted by Crippen LogP contribution is -2.11. The van der Waals surface area contributed by atoms with E-state index in [0.717, 1.165) is 5.56 Å². The number of nitrogens with zero attached hydrogens (tertiary/aromatic N) is 4. The number of ether oxygens (including phenoxy) is 1. The summed E-state index contributed by atoms with van der Waals surface area (Å²) in [5, 5.41) is 21.3. The second-order valence-corrected chi connectivity index (χ2v) is 3.52. The number of hydrogen-bond acceptors (Lipinski definition) is 6. The summed E-state index contributed by atoms with van der Waals surface area (Å²) in [5.41, 5.74) is 1.24. The Morgan fingerprint density at radius 3 is 3.06 bits per heavy atom. The van der Waals surface area contributed by atoms with Crippen LogP contribution in [0.1, 0.15) is 34.8 Å². The third-order valence-corrected chi connectivity index (χ3v) is 2.30. The molecule has 0 amide bonds. The molecule has 1 aromatic carbocycles. The maximum absolute atomic E-state index is 11.6. The molecule has 0 fully saturated rings. The van der Waals surface area contributed by atoms with Crippen molar-refractivity contribution < 1.29 is 9.53 Å². The molecule has 2 aromatic rings. The van der Waals surface area contributed by atoms with Gasteiger partial charge in [0, 0.05) is 0 Å². The lowest BCUT2D eigenvalue weighted by atomic mass is 10.1. The quantitative estimate of drug-likeness (QED) is 0.806. The molecule has 0 radical (unpaired) electrons. The van der Waals surface area contributed by atoms with Gasteiger partial charge in [0.15, 0.2) is 0 Å². The van der Waals surface area contributed by atoms with Crippen molar-refractivity contribution >= 4 is 5.97 Å². The van der Waals surface area contributed by atoms with Gasteiger partial charge in [0.25, 0.3) is 5.82 Å². The minimum Gasteiger partial charge on any atom is -0.452 e. The van der Waals surface area contributed by atoms with Crippen LogP contribution in [0.5, 0.6) is 0 Å². The van der Waals surface area contributed by atoms with Crippen LogP contribution >= 0.6 is 0 Å². The highest BCUT2D eigenvalue weighted by molar-refractivity contribution is 5.84. The van der Waals surface area contributed by atoms with E-state index >= 15 is 0 Å². The Hall–Kier alpha value is -2.75. The first kappa shape index (κ1) is 11.7. The van der Waals surface area contributed by atoms with Gasteiger partial charge in [-0.1, -0.05) is 12.1 Å². The van der Waals surface area contributed by atoms with Crippen molar-refractivity contribution in [1.29, 1.82) is 5.26 Å². The molecule has 0 saturated heterocycles. The third kappa shape index (κ3) is 2.49. The molecule has 0 saturated carbocycles. The fraction of sp³-hybridized carbons (Fsp3) is 0.182. The number of hydrogen-bond donors (Lipinski definition) is 1. The second-order valence-electron chi connectivity index (χ2n) is 3.52. The van der Waals surface area contributed by atoms with Gasteiger partial charge in [-0.2, -0.15) is 10.5 Å². The Balaban J connectivity index is 2.10. The first-order valence-corrected chi connectivity index (χ1v) is 5.15. The number of nitriles is 1. The largest absolute Gasteiger partial charge is 0.452 e. The van der Waals surface area contributed by atoms with Gasteiger partial charge >= 0.3 is 5.97 Å². The summed E-state index contributed by atoms with van der Waals surface area (Å²) >= 11 is 0. The topological polar surface area (TPSA) is 105 Å². The van der Waals surface area contributed by atoms with E-state index < -0.39 is 12.1 Å². The number of aromatic nitrogens is 4. The average molecular weight is 243 g/mol. The van der Waals surface area contributed by atoms with Gasteiger partial charge in [-0.05, 0) is 29.8 Å².